The van der Waals surface area contributed by atoms with Gasteiger partial charge in [-0.05, 0) is 43.2 Å². The van der Waals surface area contributed by atoms with Crippen molar-refractivity contribution in [2.24, 2.45) is 0 Å². The number of alkyl halides is 3. The van der Waals surface area contributed by atoms with Gasteiger partial charge in [-0.2, -0.15) is 17.5 Å². The molecule has 2 aromatic rings. The van der Waals surface area contributed by atoms with Crippen molar-refractivity contribution in [1.29, 1.82) is 0 Å². The standard InChI is InChI=1S/C20H21F3N2O4S/c21-20(22,23)14-29-18-10-9-16(30(27,28)25-11-5-2-6-12-25)13-17(18)24-19(26)15-7-3-1-4-8-15/h1,3-4,7-10,13H,2,5-6,11-12,14H2,(H,24,26). The van der Waals surface area contributed by atoms with Crippen molar-refractivity contribution in [3.05, 3.63) is 54.1 Å². The molecule has 0 atom stereocenters. The van der Waals surface area contributed by atoms with E-state index in [9.17, 15) is 26.4 Å². The molecule has 0 spiro atoms. The molecule has 30 heavy (non-hydrogen) atoms. The molecule has 1 saturated heterocycles. The van der Waals surface area contributed by atoms with Crippen LogP contribution in [0.25, 0.3) is 0 Å². The van der Waals surface area contributed by atoms with Crippen molar-refractivity contribution in [2.75, 3.05) is 25.0 Å². The Kier molecular flexibility index (Phi) is 6.67. The van der Waals surface area contributed by atoms with E-state index in [1.165, 1.54) is 22.5 Å². The number of carbonyl (C=O) groups excluding carboxylic acids is 1. The van der Waals surface area contributed by atoms with Crippen molar-refractivity contribution in [3.63, 3.8) is 0 Å². The summed E-state index contributed by atoms with van der Waals surface area (Å²) >= 11 is 0. The zero-order valence-corrected chi connectivity index (χ0v) is 16.8. The van der Waals surface area contributed by atoms with Gasteiger partial charge in [-0.15, -0.1) is 0 Å². The summed E-state index contributed by atoms with van der Waals surface area (Å²) < 4.78 is 69.8. The number of sulfonamides is 1. The molecule has 2 aromatic carbocycles. The van der Waals surface area contributed by atoms with Crippen molar-refractivity contribution in [2.45, 2.75) is 30.3 Å². The molecule has 1 fully saturated rings. The maximum absolute atomic E-state index is 12.9. The lowest BCUT2D eigenvalue weighted by Crippen LogP contribution is -2.35. The van der Waals surface area contributed by atoms with Crippen LogP contribution in [0.1, 0.15) is 29.6 Å². The van der Waals surface area contributed by atoms with E-state index >= 15 is 0 Å². The average Bonchev–Trinajstić information content (AvgIpc) is 2.73. The second-order valence-corrected chi connectivity index (χ2v) is 8.78. The highest BCUT2D eigenvalue weighted by molar-refractivity contribution is 7.89. The monoisotopic (exact) mass is 442 g/mol. The summed E-state index contributed by atoms with van der Waals surface area (Å²) in [6.45, 7) is -0.819. The molecule has 1 N–H and O–H groups in total. The van der Waals surface area contributed by atoms with Gasteiger partial charge in [0.1, 0.15) is 5.75 Å². The molecule has 10 heteroatoms. The Balaban J connectivity index is 1.93. The molecular formula is C20H21F3N2O4S. The highest BCUT2D eigenvalue weighted by Crippen LogP contribution is 2.31. The Bertz CT molecular complexity index is 989. The number of hydrogen-bond acceptors (Lipinski definition) is 4. The normalized spacial score (nSPS) is 15.6. The Morgan fingerprint density at radius 2 is 1.70 bits per heavy atom. The molecule has 3 rings (SSSR count). The second kappa shape index (κ2) is 9.05. The predicted molar refractivity (Wildman–Crippen MR) is 105 cm³/mol. The van der Waals surface area contributed by atoms with E-state index < -0.39 is 28.7 Å². The summed E-state index contributed by atoms with van der Waals surface area (Å²) in [5.74, 6) is -0.867. The number of rotatable bonds is 6. The van der Waals surface area contributed by atoms with Crippen LogP contribution in [0, 0.1) is 0 Å². The quantitative estimate of drug-likeness (QED) is 0.732. The van der Waals surface area contributed by atoms with Crippen LogP contribution in [0.3, 0.4) is 0 Å². The fourth-order valence-electron chi connectivity index (χ4n) is 3.09. The first kappa shape index (κ1) is 22.1. The average molecular weight is 442 g/mol. The topological polar surface area (TPSA) is 75.7 Å². The van der Waals surface area contributed by atoms with Crippen LogP contribution in [0.2, 0.25) is 0 Å². The molecule has 0 saturated carbocycles. The fourth-order valence-corrected chi connectivity index (χ4v) is 4.63. The number of benzene rings is 2. The van der Waals surface area contributed by atoms with Gasteiger partial charge in [0.15, 0.2) is 6.61 Å². The molecule has 0 radical (unpaired) electrons. The first-order valence-electron chi connectivity index (χ1n) is 9.37. The van der Waals surface area contributed by atoms with Gasteiger partial charge in [0, 0.05) is 18.7 Å². The summed E-state index contributed by atoms with van der Waals surface area (Å²) in [5, 5.41) is 2.46. The van der Waals surface area contributed by atoms with Gasteiger partial charge in [-0.1, -0.05) is 24.6 Å². The van der Waals surface area contributed by atoms with Crippen LogP contribution < -0.4 is 10.1 Å². The number of halogens is 3. The summed E-state index contributed by atoms with van der Waals surface area (Å²) in [6, 6.07) is 11.5. The second-order valence-electron chi connectivity index (χ2n) is 6.85. The molecule has 0 bridgehead atoms. The summed E-state index contributed by atoms with van der Waals surface area (Å²) in [5.41, 5.74) is 0.120. The predicted octanol–water partition coefficient (Wildman–Crippen LogP) is 4.05. The summed E-state index contributed by atoms with van der Waals surface area (Å²) in [6.07, 6.45) is -2.17. The number of hydrogen-bond donors (Lipinski definition) is 1. The van der Waals surface area contributed by atoms with Gasteiger partial charge < -0.3 is 10.1 Å². The van der Waals surface area contributed by atoms with Crippen LogP contribution in [-0.2, 0) is 10.0 Å². The Morgan fingerprint density at radius 3 is 2.33 bits per heavy atom. The maximum atomic E-state index is 12.9. The minimum Gasteiger partial charge on any atom is -0.482 e. The molecule has 1 amide bonds. The zero-order chi connectivity index (χ0) is 21.8. The molecule has 1 aliphatic heterocycles. The van der Waals surface area contributed by atoms with E-state index in [4.69, 9.17) is 4.74 Å². The number of carbonyl (C=O) groups is 1. The summed E-state index contributed by atoms with van der Waals surface area (Å²) in [4.78, 5) is 12.4. The lowest BCUT2D eigenvalue weighted by molar-refractivity contribution is -0.153. The van der Waals surface area contributed by atoms with Crippen LogP contribution in [0.4, 0.5) is 18.9 Å². The molecule has 0 aliphatic carbocycles. The van der Waals surface area contributed by atoms with Crippen molar-refractivity contribution in [1.82, 2.24) is 4.31 Å². The Morgan fingerprint density at radius 1 is 1.03 bits per heavy atom. The van der Waals surface area contributed by atoms with Gasteiger partial charge >= 0.3 is 6.18 Å². The third kappa shape index (κ3) is 5.51. The van der Waals surface area contributed by atoms with E-state index in [-0.39, 0.29) is 21.9 Å². The van der Waals surface area contributed by atoms with E-state index in [0.29, 0.717) is 13.1 Å². The molecule has 162 valence electrons. The molecule has 1 aliphatic rings. The molecular weight excluding hydrogens is 421 g/mol. The van der Waals surface area contributed by atoms with Gasteiger partial charge in [0.05, 0.1) is 10.6 Å². The Hall–Kier alpha value is -2.59. The fraction of sp³-hybridized carbons (Fsp3) is 0.350. The third-order valence-corrected chi connectivity index (χ3v) is 6.47. The third-order valence-electron chi connectivity index (χ3n) is 4.58. The van der Waals surface area contributed by atoms with E-state index in [0.717, 1.165) is 31.4 Å². The first-order valence-corrected chi connectivity index (χ1v) is 10.8. The highest BCUT2D eigenvalue weighted by Gasteiger charge is 2.30. The number of piperidine rings is 1. The SMILES string of the molecule is O=C(Nc1cc(S(=O)(=O)N2CCCCC2)ccc1OCC(F)(F)F)c1ccccc1. The van der Waals surface area contributed by atoms with Crippen molar-refractivity contribution < 1.29 is 31.1 Å². The Labute approximate surface area is 172 Å². The van der Waals surface area contributed by atoms with Crippen molar-refractivity contribution in [3.8, 4) is 5.75 Å². The number of ether oxygens (including phenoxy) is 1. The number of nitrogens with one attached hydrogen (secondary N) is 1. The van der Waals surface area contributed by atoms with Gasteiger partial charge in [0.2, 0.25) is 10.0 Å². The van der Waals surface area contributed by atoms with Gasteiger partial charge in [0.25, 0.3) is 5.91 Å². The first-order chi connectivity index (χ1) is 14.2. The molecule has 6 nitrogen and oxygen atoms in total. The van der Waals surface area contributed by atoms with Crippen LogP contribution in [-0.4, -0.2) is 44.5 Å². The van der Waals surface area contributed by atoms with Crippen LogP contribution >= 0.6 is 0 Å². The largest absolute Gasteiger partial charge is 0.482 e. The number of nitrogens with zero attached hydrogens (tertiary/aromatic N) is 1. The van der Waals surface area contributed by atoms with Crippen molar-refractivity contribution >= 4 is 21.6 Å². The minimum atomic E-state index is -4.58. The smallest absolute Gasteiger partial charge is 0.422 e. The lowest BCUT2D eigenvalue weighted by atomic mass is 10.2. The van der Waals surface area contributed by atoms with E-state index in [1.54, 1.807) is 18.2 Å². The maximum Gasteiger partial charge on any atom is 0.422 e. The van der Waals surface area contributed by atoms with E-state index in [2.05, 4.69) is 5.32 Å². The molecule has 0 unspecified atom stereocenters. The number of amides is 1. The minimum absolute atomic E-state index is 0.118. The van der Waals surface area contributed by atoms with E-state index in [1.807, 2.05) is 0 Å². The summed E-state index contributed by atoms with van der Waals surface area (Å²) in [7, 11) is -3.84. The molecule has 0 aromatic heterocycles. The lowest BCUT2D eigenvalue weighted by Gasteiger charge is -2.26. The number of anilines is 1. The van der Waals surface area contributed by atoms with Gasteiger partial charge in [-0.3, -0.25) is 4.79 Å². The van der Waals surface area contributed by atoms with Crippen LogP contribution in [0.15, 0.2) is 53.4 Å². The molecule has 1 heterocycles. The van der Waals surface area contributed by atoms with Gasteiger partial charge in [-0.25, -0.2) is 8.42 Å². The highest BCUT2D eigenvalue weighted by atomic mass is 32.2. The zero-order valence-electron chi connectivity index (χ0n) is 16.0. The van der Waals surface area contributed by atoms with Crippen LogP contribution in [0.5, 0.6) is 5.75 Å².